The van der Waals surface area contributed by atoms with Crippen molar-refractivity contribution >= 4 is 5.82 Å². The summed E-state index contributed by atoms with van der Waals surface area (Å²) in [5.74, 6) is 0.481. The molecule has 1 aromatic carbocycles. The van der Waals surface area contributed by atoms with E-state index in [-0.39, 0.29) is 0 Å². The Labute approximate surface area is 114 Å². The first kappa shape index (κ1) is 13.6. The molecule has 1 aromatic heterocycles. The zero-order valence-corrected chi connectivity index (χ0v) is 11.4. The molecule has 1 unspecified atom stereocenters. The van der Waals surface area contributed by atoms with Crippen molar-refractivity contribution in [3.05, 3.63) is 59.3 Å². The third-order valence-electron chi connectivity index (χ3n) is 3.38. The van der Waals surface area contributed by atoms with Gasteiger partial charge in [0.25, 0.3) is 0 Å². The van der Waals surface area contributed by atoms with Crippen molar-refractivity contribution in [3.8, 4) is 0 Å². The Morgan fingerprint density at radius 3 is 2.42 bits per heavy atom. The van der Waals surface area contributed by atoms with E-state index in [1.807, 2.05) is 25.1 Å². The molecule has 0 fully saturated rings. The van der Waals surface area contributed by atoms with Gasteiger partial charge < -0.3 is 10.8 Å². The highest BCUT2D eigenvalue weighted by molar-refractivity contribution is 5.34. The number of nitrogens with zero attached hydrogens (tertiary/aromatic N) is 1. The topological polar surface area (TPSA) is 59.1 Å². The molecule has 3 nitrogen and oxygen atoms in total. The summed E-state index contributed by atoms with van der Waals surface area (Å²) in [4.78, 5) is 3.96. The second-order valence-corrected chi connectivity index (χ2v) is 5.09. The maximum atomic E-state index is 10.6. The number of benzene rings is 1. The highest BCUT2D eigenvalue weighted by Gasteiger charge is 2.23. The van der Waals surface area contributed by atoms with Gasteiger partial charge in [0.05, 0.1) is 5.60 Å². The number of nitrogen functional groups attached to an aromatic ring is 1. The second kappa shape index (κ2) is 5.41. The summed E-state index contributed by atoms with van der Waals surface area (Å²) in [7, 11) is 0. The number of rotatable bonds is 4. The van der Waals surface area contributed by atoms with Crippen LogP contribution < -0.4 is 5.73 Å². The quantitative estimate of drug-likeness (QED) is 0.884. The van der Waals surface area contributed by atoms with Crippen LogP contribution in [0.1, 0.15) is 30.5 Å². The Hall–Kier alpha value is -1.87. The molecule has 1 heterocycles. The lowest BCUT2D eigenvalue weighted by Gasteiger charge is -2.24. The van der Waals surface area contributed by atoms with Gasteiger partial charge in [-0.25, -0.2) is 4.98 Å². The molecule has 1 atom stereocenters. The Balaban J connectivity index is 2.21. The summed E-state index contributed by atoms with van der Waals surface area (Å²) < 4.78 is 0. The lowest BCUT2D eigenvalue weighted by Crippen LogP contribution is -2.24. The largest absolute Gasteiger partial charge is 0.385 e. The number of pyridine rings is 1. The van der Waals surface area contributed by atoms with E-state index in [0.717, 1.165) is 17.5 Å². The molecule has 2 aromatic rings. The number of hydrogen-bond donors (Lipinski definition) is 2. The van der Waals surface area contributed by atoms with E-state index in [1.54, 1.807) is 12.3 Å². The van der Waals surface area contributed by atoms with Crippen LogP contribution in [0, 0.1) is 0 Å². The summed E-state index contributed by atoms with van der Waals surface area (Å²) in [5, 5.41) is 10.6. The average molecular weight is 256 g/mol. The minimum Gasteiger partial charge on any atom is -0.385 e. The third-order valence-corrected chi connectivity index (χ3v) is 3.38. The first-order valence-corrected chi connectivity index (χ1v) is 6.53. The molecule has 2 rings (SSSR count). The number of aliphatic hydroxyl groups is 1. The van der Waals surface area contributed by atoms with Crippen molar-refractivity contribution in [2.45, 2.75) is 32.3 Å². The first-order valence-electron chi connectivity index (χ1n) is 6.53. The van der Waals surface area contributed by atoms with E-state index in [0.29, 0.717) is 12.2 Å². The van der Waals surface area contributed by atoms with E-state index in [2.05, 4.69) is 24.0 Å². The molecule has 0 saturated heterocycles. The van der Waals surface area contributed by atoms with Crippen LogP contribution in [0.25, 0.3) is 0 Å². The van der Waals surface area contributed by atoms with Crippen LogP contribution in [0.5, 0.6) is 0 Å². The van der Waals surface area contributed by atoms with E-state index in [9.17, 15) is 5.11 Å². The maximum Gasteiger partial charge on any atom is 0.123 e. The van der Waals surface area contributed by atoms with Gasteiger partial charge in [-0.3, -0.25) is 0 Å². The molecule has 0 aliphatic heterocycles. The van der Waals surface area contributed by atoms with Gasteiger partial charge >= 0.3 is 0 Å². The number of nitrogens with two attached hydrogens (primary N) is 1. The van der Waals surface area contributed by atoms with E-state index in [1.165, 1.54) is 5.56 Å². The van der Waals surface area contributed by atoms with Crippen molar-refractivity contribution in [2.24, 2.45) is 0 Å². The van der Waals surface area contributed by atoms with Crippen molar-refractivity contribution in [3.63, 3.8) is 0 Å². The predicted octanol–water partition coefficient (Wildman–Crippen LogP) is 2.68. The number of aromatic nitrogens is 1. The van der Waals surface area contributed by atoms with Crippen LogP contribution in [0.2, 0.25) is 0 Å². The SMILES string of the molecule is CCc1ccc(C(C)(O)Cc2ccnc(N)c2)cc1. The third kappa shape index (κ3) is 3.32. The standard InChI is InChI=1S/C16H20N2O/c1-3-12-4-6-14(7-5-12)16(2,19)11-13-8-9-18-15(17)10-13/h4-10,19H,3,11H2,1-2H3,(H2,17,18). The van der Waals surface area contributed by atoms with Crippen molar-refractivity contribution < 1.29 is 5.11 Å². The summed E-state index contributed by atoms with van der Waals surface area (Å²) in [6.45, 7) is 3.94. The first-order chi connectivity index (χ1) is 9.01. The maximum absolute atomic E-state index is 10.6. The minimum atomic E-state index is -0.903. The van der Waals surface area contributed by atoms with Crippen molar-refractivity contribution in [2.75, 3.05) is 5.73 Å². The van der Waals surface area contributed by atoms with Gasteiger partial charge in [0.15, 0.2) is 0 Å². The van der Waals surface area contributed by atoms with Crippen LogP contribution >= 0.6 is 0 Å². The summed E-state index contributed by atoms with van der Waals surface area (Å²) in [5.41, 5.74) is 7.93. The number of hydrogen-bond acceptors (Lipinski definition) is 3. The number of anilines is 1. The second-order valence-electron chi connectivity index (χ2n) is 5.09. The van der Waals surface area contributed by atoms with Gasteiger partial charge in [-0.2, -0.15) is 0 Å². The molecule has 0 aliphatic rings. The monoisotopic (exact) mass is 256 g/mol. The molecule has 0 radical (unpaired) electrons. The van der Waals surface area contributed by atoms with Crippen molar-refractivity contribution in [1.82, 2.24) is 4.98 Å². The van der Waals surface area contributed by atoms with Gasteiger partial charge in [-0.05, 0) is 42.2 Å². The smallest absolute Gasteiger partial charge is 0.123 e. The number of aryl methyl sites for hydroxylation is 1. The molecular formula is C16H20N2O. The Morgan fingerprint density at radius 2 is 1.84 bits per heavy atom. The fourth-order valence-electron chi connectivity index (χ4n) is 2.20. The summed E-state index contributed by atoms with van der Waals surface area (Å²) >= 11 is 0. The summed E-state index contributed by atoms with van der Waals surface area (Å²) in [6.07, 6.45) is 3.19. The lowest BCUT2D eigenvalue weighted by molar-refractivity contribution is 0.0576. The van der Waals surface area contributed by atoms with Crippen LogP contribution in [0.4, 0.5) is 5.82 Å². The molecule has 3 N–H and O–H groups in total. The van der Waals surface area contributed by atoms with Gasteiger partial charge in [-0.15, -0.1) is 0 Å². The molecule has 3 heteroatoms. The zero-order valence-electron chi connectivity index (χ0n) is 11.4. The zero-order chi connectivity index (χ0) is 13.9. The fraction of sp³-hybridized carbons (Fsp3) is 0.312. The van der Waals surface area contributed by atoms with Crippen LogP contribution in [-0.4, -0.2) is 10.1 Å². The molecule has 0 aliphatic carbocycles. The van der Waals surface area contributed by atoms with Gasteiger partial charge in [-0.1, -0.05) is 31.2 Å². The molecule has 0 amide bonds. The van der Waals surface area contributed by atoms with Crippen LogP contribution in [0.3, 0.4) is 0 Å². The van der Waals surface area contributed by atoms with Gasteiger partial charge in [0, 0.05) is 12.6 Å². The fourth-order valence-corrected chi connectivity index (χ4v) is 2.20. The predicted molar refractivity (Wildman–Crippen MR) is 77.7 cm³/mol. The molecule has 100 valence electrons. The Morgan fingerprint density at radius 1 is 1.16 bits per heavy atom. The Bertz CT molecular complexity index is 547. The highest BCUT2D eigenvalue weighted by atomic mass is 16.3. The molecule has 0 saturated carbocycles. The summed E-state index contributed by atoms with van der Waals surface area (Å²) in [6, 6.07) is 11.8. The van der Waals surface area contributed by atoms with Gasteiger partial charge in [0.2, 0.25) is 0 Å². The molecule has 0 bridgehead atoms. The van der Waals surface area contributed by atoms with Crippen LogP contribution in [-0.2, 0) is 18.4 Å². The van der Waals surface area contributed by atoms with E-state index < -0.39 is 5.60 Å². The molecule has 0 spiro atoms. The normalized spacial score (nSPS) is 14.1. The van der Waals surface area contributed by atoms with Gasteiger partial charge in [0.1, 0.15) is 5.82 Å². The highest BCUT2D eigenvalue weighted by Crippen LogP contribution is 2.26. The molecule has 19 heavy (non-hydrogen) atoms. The van der Waals surface area contributed by atoms with Crippen LogP contribution in [0.15, 0.2) is 42.6 Å². The average Bonchev–Trinajstić information content (AvgIpc) is 2.38. The van der Waals surface area contributed by atoms with E-state index in [4.69, 9.17) is 5.73 Å². The van der Waals surface area contributed by atoms with Crippen molar-refractivity contribution in [1.29, 1.82) is 0 Å². The minimum absolute atomic E-state index is 0.481. The molecular weight excluding hydrogens is 236 g/mol. The lowest BCUT2D eigenvalue weighted by atomic mass is 9.89. The van der Waals surface area contributed by atoms with E-state index >= 15 is 0 Å². The Kier molecular flexibility index (Phi) is 3.86.